The van der Waals surface area contributed by atoms with Gasteiger partial charge >= 0.3 is 0 Å². The summed E-state index contributed by atoms with van der Waals surface area (Å²) in [7, 11) is 0. The highest BCUT2D eigenvalue weighted by molar-refractivity contribution is 7.99. The Labute approximate surface area is 115 Å². The molecule has 0 aromatic carbocycles. The molecule has 2 N–H and O–H groups in total. The van der Waals surface area contributed by atoms with Gasteiger partial charge in [-0.1, -0.05) is 17.7 Å². The summed E-state index contributed by atoms with van der Waals surface area (Å²) in [5.74, 6) is 1.56. The smallest absolute Gasteiger partial charge is 0.270 e. The molecule has 98 valence electrons. The van der Waals surface area contributed by atoms with E-state index in [9.17, 15) is 9.90 Å². The summed E-state index contributed by atoms with van der Waals surface area (Å²) in [5, 5.41) is 13.3. The van der Waals surface area contributed by atoms with Crippen molar-refractivity contribution in [2.75, 3.05) is 18.1 Å². The number of pyridine rings is 1. The molecule has 1 saturated heterocycles. The summed E-state index contributed by atoms with van der Waals surface area (Å²) >= 11 is 7.55. The Morgan fingerprint density at radius 3 is 2.89 bits per heavy atom. The van der Waals surface area contributed by atoms with Crippen LogP contribution in [0.25, 0.3) is 0 Å². The van der Waals surface area contributed by atoms with Crippen molar-refractivity contribution in [3.05, 3.63) is 29.0 Å². The first-order chi connectivity index (χ1) is 8.59. The zero-order valence-electron chi connectivity index (χ0n) is 9.86. The van der Waals surface area contributed by atoms with E-state index in [2.05, 4.69) is 10.3 Å². The molecule has 18 heavy (non-hydrogen) atoms. The molecule has 0 bridgehead atoms. The first kappa shape index (κ1) is 13.6. The van der Waals surface area contributed by atoms with E-state index in [4.69, 9.17) is 11.6 Å². The molecule has 4 nitrogen and oxygen atoms in total. The minimum absolute atomic E-state index is 0.264. The Kier molecular flexibility index (Phi) is 4.48. The minimum Gasteiger partial charge on any atom is -0.388 e. The topological polar surface area (TPSA) is 62.2 Å². The van der Waals surface area contributed by atoms with E-state index in [-0.39, 0.29) is 23.3 Å². The lowest BCUT2D eigenvalue weighted by molar-refractivity contribution is 0.0310. The molecule has 0 atom stereocenters. The third kappa shape index (κ3) is 3.60. The van der Waals surface area contributed by atoms with E-state index < -0.39 is 5.60 Å². The predicted molar refractivity (Wildman–Crippen MR) is 73.1 cm³/mol. The number of carbonyl (C=O) groups excluding carboxylic acids is 1. The molecule has 0 radical (unpaired) electrons. The van der Waals surface area contributed by atoms with E-state index in [0.29, 0.717) is 12.8 Å². The van der Waals surface area contributed by atoms with Gasteiger partial charge in [0.25, 0.3) is 5.91 Å². The average molecular weight is 287 g/mol. The highest BCUT2D eigenvalue weighted by Crippen LogP contribution is 2.26. The fourth-order valence-electron chi connectivity index (χ4n) is 1.80. The van der Waals surface area contributed by atoms with Crippen LogP contribution in [0.4, 0.5) is 0 Å². The van der Waals surface area contributed by atoms with Crippen LogP contribution >= 0.6 is 23.4 Å². The average Bonchev–Trinajstić information content (AvgIpc) is 2.37. The van der Waals surface area contributed by atoms with Crippen LogP contribution in [0.15, 0.2) is 18.2 Å². The van der Waals surface area contributed by atoms with Crippen molar-refractivity contribution in [1.29, 1.82) is 0 Å². The molecule has 2 rings (SSSR count). The number of rotatable bonds is 3. The quantitative estimate of drug-likeness (QED) is 0.831. The van der Waals surface area contributed by atoms with Gasteiger partial charge in [0.2, 0.25) is 0 Å². The van der Waals surface area contributed by atoms with Crippen LogP contribution in [0, 0.1) is 0 Å². The molecule has 0 spiro atoms. The van der Waals surface area contributed by atoms with Crippen LogP contribution < -0.4 is 5.32 Å². The number of nitrogens with zero attached hydrogens (tertiary/aromatic N) is 1. The Morgan fingerprint density at radius 2 is 2.22 bits per heavy atom. The highest BCUT2D eigenvalue weighted by atomic mass is 35.5. The summed E-state index contributed by atoms with van der Waals surface area (Å²) < 4.78 is 0. The van der Waals surface area contributed by atoms with Gasteiger partial charge in [-0.15, -0.1) is 0 Å². The van der Waals surface area contributed by atoms with Crippen LogP contribution in [0.2, 0.25) is 5.15 Å². The second kappa shape index (κ2) is 5.91. The van der Waals surface area contributed by atoms with Crippen LogP contribution in [0.3, 0.4) is 0 Å². The number of aromatic nitrogens is 1. The predicted octanol–water partition coefficient (Wildman–Crippen LogP) is 1.72. The maximum atomic E-state index is 11.8. The zero-order chi connectivity index (χ0) is 13.0. The van der Waals surface area contributed by atoms with Crippen molar-refractivity contribution >= 4 is 29.3 Å². The zero-order valence-corrected chi connectivity index (χ0v) is 11.4. The maximum Gasteiger partial charge on any atom is 0.270 e. The van der Waals surface area contributed by atoms with E-state index in [1.807, 2.05) is 11.8 Å². The van der Waals surface area contributed by atoms with Crippen molar-refractivity contribution in [2.45, 2.75) is 18.4 Å². The second-order valence-electron chi connectivity index (χ2n) is 4.36. The van der Waals surface area contributed by atoms with Gasteiger partial charge in [-0.2, -0.15) is 11.8 Å². The summed E-state index contributed by atoms with van der Waals surface area (Å²) in [6.45, 7) is 0.264. The number of thioether (sulfide) groups is 1. The molecular weight excluding hydrogens is 272 g/mol. The molecule has 0 aliphatic carbocycles. The molecule has 2 heterocycles. The second-order valence-corrected chi connectivity index (χ2v) is 5.98. The molecule has 1 aliphatic rings. The van der Waals surface area contributed by atoms with E-state index in [1.165, 1.54) is 0 Å². The van der Waals surface area contributed by atoms with Crippen molar-refractivity contribution in [3.8, 4) is 0 Å². The van der Waals surface area contributed by atoms with Gasteiger partial charge in [0.1, 0.15) is 10.8 Å². The Hall–Kier alpha value is -0.780. The van der Waals surface area contributed by atoms with Crippen LogP contribution in [-0.2, 0) is 0 Å². The number of carbonyl (C=O) groups is 1. The normalized spacial score (nSPS) is 18.3. The number of aliphatic hydroxyl groups is 1. The van der Waals surface area contributed by atoms with E-state index >= 15 is 0 Å². The molecular formula is C12H15ClN2O2S. The number of amides is 1. The summed E-state index contributed by atoms with van der Waals surface area (Å²) in [6.07, 6.45) is 1.42. The summed E-state index contributed by atoms with van der Waals surface area (Å²) in [5.41, 5.74) is -0.504. The summed E-state index contributed by atoms with van der Waals surface area (Å²) in [6, 6.07) is 4.89. The number of hydrogen-bond acceptors (Lipinski definition) is 4. The van der Waals surface area contributed by atoms with Crippen molar-refractivity contribution in [2.24, 2.45) is 0 Å². The van der Waals surface area contributed by atoms with Gasteiger partial charge in [-0.05, 0) is 36.5 Å². The minimum atomic E-state index is -0.778. The molecule has 0 saturated carbocycles. The molecule has 1 aromatic rings. The lowest BCUT2D eigenvalue weighted by Crippen LogP contribution is -2.45. The first-order valence-corrected chi connectivity index (χ1v) is 7.33. The Bertz CT molecular complexity index is 436. The van der Waals surface area contributed by atoms with Crippen molar-refractivity contribution < 1.29 is 9.90 Å². The van der Waals surface area contributed by atoms with Gasteiger partial charge < -0.3 is 10.4 Å². The largest absolute Gasteiger partial charge is 0.388 e. The number of nitrogens with one attached hydrogen (secondary N) is 1. The van der Waals surface area contributed by atoms with Gasteiger partial charge in [-0.3, -0.25) is 4.79 Å². The number of halogens is 1. The lowest BCUT2D eigenvalue weighted by Gasteiger charge is -2.31. The Morgan fingerprint density at radius 1 is 1.50 bits per heavy atom. The molecule has 1 aliphatic heterocycles. The SMILES string of the molecule is O=C(NCC1(O)CCSCC1)c1cccc(Cl)n1. The first-order valence-electron chi connectivity index (χ1n) is 5.80. The highest BCUT2D eigenvalue weighted by Gasteiger charge is 2.29. The molecule has 1 amide bonds. The fourth-order valence-corrected chi connectivity index (χ4v) is 3.21. The maximum absolute atomic E-state index is 11.8. The van der Waals surface area contributed by atoms with Crippen LogP contribution in [0.5, 0.6) is 0 Å². The van der Waals surface area contributed by atoms with Crippen molar-refractivity contribution in [1.82, 2.24) is 10.3 Å². The van der Waals surface area contributed by atoms with Gasteiger partial charge in [0, 0.05) is 6.54 Å². The van der Waals surface area contributed by atoms with Crippen LogP contribution in [0.1, 0.15) is 23.3 Å². The van der Waals surface area contributed by atoms with Gasteiger partial charge in [0.05, 0.1) is 5.60 Å². The van der Waals surface area contributed by atoms with E-state index in [1.54, 1.807) is 18.2 Å². The third-order valence-electron chi connectivity index (χ3n) is 2.95. The van der Waals surface area contributed by atoms with Gasteiger partial charge in [-0.25, -0.2) is 4.98 Å². The number of hydrogen-bond donors (Lipinski definition) is 2. The third-order valence-corrected chi connectivity index (χ3v) is 4.15. The molecule has 1 fully saturated rings. The van der Waals surface area contributed by atoms with Crippen LogP contribution in [-0.4, -0.2) is 39.6 Å². The molecule has 6 heteroatoms. The monoisotopic (exact) mass is 286 g/mol. The molecule has 1 aromatic heterocycles. The Balaban J connectivity index is 1.92. The fraction of sp³-hybridized carbons (Fsp3) is 0.500. The lowest BCUT2D eigenvalue weighted by atomic mass is 9.97. The summed E-state index contributed by atoms with van der Waals surface area (Å²) in [4.78, 5) is 15.8. The van der Waals surface area contributed by atoms with Crippen molar-refractivity contribution in [3.63, 3.8) is 0 Å². The molecule has 0 unspecified atom stereocenters. The van der Waals surface area contributed by atoms with E-state index in [0.717, 1.165) is 11.5 Å². The van der Waals surface area contributed by atoms with Gasteiger partial charge in [0.15, 0.2) is 0 Å². The standard InChI is InChI=1S/C12H15ClN2O2S/c13-10-3-1-2-9(15-10)11(16)14-8-12(17)4-6-18-7-5-12/h1-3,17H,4-8H2,(H,14,16).